The number of ether oxygens (including phenoxy) is 1. The van der Waals surface area contributed by atoms with Crippen molar-refractivity contribution in [2.24, 2.45) is 5.92 Å². The minimum absolute atomic E-state index is 0.172. The number of nitrogens with zero attached hydrogens (tertiary/aromatic N) is 1. The van der Waals surface area contributed by atoms with Gasteiger partial charge in [0.05, 0.1) is 0 Å². The molecule has 0 aliphatic rings. The predicted octanol–water partition coefficient (Wildman–Crippen LogP) is 6.47. The van der Waals surface area contributed by atoms with Crippen molar-refractivity contribution in [3.05, 3.63) is 64.7 Å². The number of para-hydroxylation sites is 1. The lowest BCUT2D eigenvalue weighted by Gasteiger charge is -2.36. The van der Waals surface area contributed by atoms with Crippen molar-refractivity contribution in [2.45, 2.75) is 92.8 Å². The van der Waals surface area contributed by atoms with Gasteiger partial charge in [0.15, 0.2) is 0 Å². The summed E-state index contributed by atoms with van der Waals surface area (Å²) < 4.78 is 5.47. The number of hydrogen-bond donors (Lipinski definition) is 2. The fourth-order valence-electron chi connectivity index (χ4n) is 4.23. The van der Waals surface area contributed by atoms with Crippen molar-refractivity contribution in [1.82, 2.24) is 10.2 Å². The largest absolute Gasteiger partial charge is 0.444 e. The molecule has 0 bridgehead atoms. The van der Waals surface area contributed by atoms with E-state index in [1.54, 1.807) is 25.7 Å². The Balaban J connectivity index is 2.56. The number of anilines is 1. The molecule has 2 aromatic rings. The monoisotopic (exact) mass is 523 g/mol. The third-order valence-electron chi connectivity index (χ3n) is 6.71. The van der Waals surface area contributed by atoms with Crippen molar-refractivity contribution in [1.29, 1.82) is 0 Å². The lowest BCUT2D eigenvalue weighted by Crippen LogP contribution is -2.54. The van der Waals surface area contributed by atoms with E-state index in [9.17, 15) is 14.4 Å². The van der Waals surface area contributed by atoms with Crippen LogP contribution in [0.2, 0.25) is 0 Å². The van der Waals surface area contributed by atoms with Crippen LogP contribution in [0.4, 0.5) is 10.5 Å². The molecule has 7 heteroatoms. The van der Waals surface area contributed by atoms with Gasteiger partial charge in [0.1, 0.15) is 17.7 Å². The molecule has 0 saturated carbocycles. The molecule has 2 N–H and O–H groups in total. The maximum absolute atomic E-state index is 14.2. The number of nitrogens with one attached hydrogen (secondary N) is 2. The predicted molar refractivity (Wildman–Crippen MR) is 153 cm³/mol. The van der Waals surface area contributed by atoms with E-state index in [1.165, 1.54) is 0 Å². The van der Waals surface area contributed by atoms with Gasteiger partial charge < -0.3 is 20.3 Å². The minimum Gasteiger partial charge on any atom is -0.444 e. The van der Waals surface area contributed by atoms with E-state index >= 15 is 0 Å². The molecule has 3 amide bonds. The Kier molecular flexibility index (Phi) is 10.9. The van der Waals surface area contributed by atoms with Gasteiger partial charge in [0.25, 0.3) is 5.91 Å². The fourth-order valence-corrected chi connectivity index (χ4v) is 4.23. The Morgan fingerprint density at radius 1 is 0.947 bits per heavy atom. The Hall–Kier alpha value is -3.35. The standard InChI is InChI=1S/C31H45N3O4/c1-10-18-34(29(36)26(20(3)11-2)33-30(37)38-31(7,8)9)27(24-17-16-21(4)23(6)19-24)28(35)32-25-15-13-12-14-22(25)5/h12-17,19-20,26-27H,10-11,18H2,1-9H3,(H,32,35)(H,33,37). The number of carbonyl (C=O) groups excluding carboxylic acids is 3. The smallest absolute Gasteiger partial charge is 0.408 e. The summed E-state index contributed by atoms with van der Waals surface area (Å²) in [4.78, 5) is 42.5. The van der Waals surface area contributed by atoms with E-state index in [2.05, 4.69) is 10.6 Å². The van der Waals surface area contributed by atoms with Gasteiger partial charge in [-0.25, -0.2) is 4.79 Å². The fraction of sp³-hybridized carbons (Fsp3) is 0.516. The van der Waals surface area contributed by atoms with Gasteiger partial charge in [-0.3, -0.25) is 9.59 Å². The van der Waals surface area contributed by atoms with Crippen LogP contribution in [0, 0.1) is 26.7 Å². The molecule has 2 aromatic carbocycles. The van der Waals surface area contributed by atoms with Crippen LogP contribution in [0.3, 0.4) is 0 Å². The second kappa shape index (κ2) is 13.4. The third-order valence-corrected chi connectivity index (χ3v) is 6.71. The van der Waals surface area contributed by atoms with Gasteiger partial charge >= 0.3 is 6.09 Å². The molecule has 0 saturated heterocycles. The first-order valence-electron chi connectivity index (χ1n) is 13.5. The molecule has 208 valence electrons. The van der Waals surface area contributed by atoms with Gasteiger partial charge in [0.2, 0.25) is 5.91 Å². The second-order valence-electron chi connectivity index (χ2n) is 11.1. The van der Waals surface area contributed by atoms with Crippen LogP contribution in [0.5, 0.6) is 0 Å². The van der Waals surface area contributed by atoms with Crippen molar-refractivity contribution in [2.75, 3.05) is 11.9 Å². The molecule has 0 aromatic heterocycles. The zero-order valence-electron chi connectivity index (χ0n) is 24.5. The second-order valence-corrected chi connectivity index (χ2v) is 11.1. The Bertz CT molecular complexity index is 1120. The van der Waals surface area contributed by atoms with E-state index in [4.69, 9.17) is 4.74 Å². The van der Waals surface area contributed by atoms with Crippen molar-refractivity contribution < 1.29 is 19.1 Å². The van der Waals surface area contributed by atoms with Crippen LogP contribution in [-0.4, -0.2) is 41.0 Å². The highest BCUT2D eigenvalue weighted by molar-refractivity contribution is 5.99. The molecule has 7 nitrogen and oxygen atoms in total. The Morgan fingerprint density at radius 2 is 1.61 bits per heavy atom. The molecule has 3 unspecified atom stereocenters. The van der Waals surface area contributed by atoms with E-state index in [-0.39, 0.29) is 17.7 Å². The Morgan fingerprint density at radius 3 is 2.16 bits per heavy atom. The maximum Gasteiger partial charge on any atom is 0.408 e. The highest BCUT2D eigenvalue weighted by Gasteiger charge is 2.38. The van der Waals surface area contributed by atoms with E-state index in [1.807, 2.05) is 84.0 Å². The summed E-state index contributed by atoms with van der Waals surface area (Å²) in [6.07, 6.45) is 0.653. The quantitative estimate of drug-likeness (QED) is 0.374. The lowest BCUT2D eigenvalue weighted by molar-refractivity contribution is -0.141. The van der Waals surface area contributed by atoms with Crippen LogP contribution in [0.25, 0.3) is 0 Å². The van der Waals surface area contributed by atoms with Crippen molar-refractivity contribution >= 4 is 23.6 Å². The number of hydrogen-bond acceptors (Lipinski definition) is 4. The van der Waals surface area contributed by atoms with Gasteiger partial charge in [-0.1, -0.05) is 63.6 Å². The number of benzene rings is 2. The minimum atomic E-state index is -0.881. The SMILES string of the molecule is CCCN(C(=O)C(NC(=O)OC(C)(C)C)C(C)CC)C(C(=O)Nc1ccccc1C)c1ccc(C)c(C)c1. The molecule has 0 aliphatic heterocycles. The van der Waals surface area contributed by atoms with E-state index in [0.717, 1.165) is 22.3 Å². The average Bonchev–Trinajstić information content (AvgIpc) is 2.83. The molecule has 0 heterocycles. The van der Waals surface area contributed by atoms with Crippen molar-refractivity contribution in [3.63, 3.8) is 0 Å². The van der Waals surface area contributed by atoms with Crippen LogP contribution in [-0.2, 0) is 14.3 Å². The summed E-state index contributed by atoms with van der Waals surface area (Å²) in [5.74, 6) is -0.783. The van der Waals surface area contributed by atoms with E-state index < -0.39 is 23.8 Å². The van der Waals surface area contributed by atoms with E-state index in [0.29, 0.717) is 25.1 Å². The van der Waals surface area contributed by atoms with Gasteiger partial charge in [-0.05, 0) is 82.2 Å². The number of alkyl carbamates (subject to hydrolysis) is 1. The summed E-state index contributed by atoms with van der Waals surface area (Å²) in [6, 6.07) is 11.7. The first kappa shape index (κ1) is 30.9. The molecule has 0 fully saturated rings. The van der Waals surface area contributed by atoms with Crippen LogP contribution in [0.15, 0.2) is 42.5 Å². The number of aryl methyl sites for hydroxylation is 3. The average molecular weight is 524 g/mol. The molecule has 0 spiro atoms. The van der Waals surface area contributed by atoms with Crippen molar-refractivity contribution in [3.8, 4) is 0 Å². The van der Waals surface area contributed by atoms with Crippen LogP contribution < -0.4 is 10.6 Å². The number of carbonyl (C=O) groups is 3. The zero-order chi connectivity index (χ0) is 28.6. The topological polar surface area (TPSA) is 87.7 Å². The summed E-state index contributed by atoms with van der Waals surface area (Å²) >= 11 is 0. The summed E-state index contributed by atoms with van der Waals surface area (Å²) in [6.45, 7) is 17.5. The molecule has 0 aliphatic carbocycles. The molecule has 38 heavy (non-hydrogen) atoms. The molecular weight excluding hydrogens is 478 g/mol. The summed E-state index contributed by atoms with van der Waals surface area (Å²) in [5.41, 5.74) is 3.78. The normalized spacial score (nSPS) is 13.7. The highest BCUT2D eigenvalue weighted by atomic mass is 16.6. The first-order chi connectivity index (χ1) is 17.8. The summed E-state index contributed by atoms with van der Waals surface area (Å²) in [5, 5.41) is 5.85. The summed E-state index contributed by atoms with van der Waals surface area (Å²) in [7, 11) is 0. The molecule has 2 rings (SSSR count). The molecule has 0 radical (unpaired) electrons. The molecule has 3 atom stereocenters. The number of amides is 3. The Labute approximate surface area is 228 Å². The molecular formula is C31H45N3O4. The van der Waals surface area contributed by atoms with Crippen LogP contribution in [0.1, 0.15) is 82.7 Å². The van der Waals surface area contributed by atoms with Gasteiger partial charge in [0, 0.05) is 12.2 Å². The number of rotatable bonds is 10. The maximum atomic E-state index is 14.2. The first-order valence-corrected chi connectivity index (χ1v) is 13.5. The highest BCUT2D eigenvalue weighted by Crippen LogP contribution is 2.28. The van der Waals surface area contributed by atoms with Gasteiger partial charge in [-0.2, -0.15) is 0 Å². The van der Waals surface area contributed by atoms with Crippen LogP contribution >= 0.6 is 0 Å². The third kappa shape index (κ3) is 8.33. The zero-order valence-corrected chi connectivity index (χ0v) is 24.5. The van der Waals surface area contributed by atoms with Gasteiger partial charge in [-0.15, -0.1) is 0 Å². The lowest BCUT2D eigenvalue weighted by atomic mass is 9.94.